The normalized spacial score (nSPS) is 13.5. The van der Waals surface area contributed by atoms with Gasteiger partial charge in [-0.3, -0.25) is 14.9 Å². The summed E-state index contributed by atoms with van der Waals surface area (Å²) in [5.41, 5.74) is 6.44. The Morgan fingerprint density at radius 3 is 2.65 bits per heavy atom. The number of hydrogen-bond donors (Lipinski definition) is 2. The number of nitro groups is 1. The van der Waals surface area contributed by atoms with Crippen molar-refractivity contribution in [1.82, 2.24) is 4.57 Å². The molecule has 7 heteroatoms. The summed E-state index contributed by atoms with van der Waals surface area (Å²) in [4.78, 5) is 22.1. The Bertz CT molecular complexity index is 872. The van der Waals surface area contributed by atoms with Crippen LogP contribution in [-0.2, 0) is 18.3 Å². The summed E-state index contributed by atoms with van der Waals surface area (Å²) in [5.74, 6) is 1.36. The highest BCUT2D eigenvalue weighted by Crippen LogP contribution is 2.35. The number of nitro benzene ring substituents is 1. The van der Waals surface area contributed by atoms with Crippen molar-refractivity contribution in [2.24, 2.45) is 12.8 Å². The molecular formula is C16H17N3O4. The second-order valence-electron chi connectivity index (χ2n) is 5.78. The van der Waals surface area contributed by atoms with E-state index in [1.165, 1.54) is 19.1 Å². The Morgan fingerprint density at radius 2 is 2.17 bits per heavy atom. The molecule has 0 saturated heterocycles. The summed E-state index contributed by atoms with van der Waals surface area (Å²) >= 11 is 0. The number of hydrogen-bond acceptors (Lipinski definition) is 4. The Hall–Kier alpha value is -2.85. The largest absolute Gasteiger partial charge is 0.480 e. The van der Waals surface area contributed by atoms with Crippen LogP contribution >= 0.6 is 0 Å². The molecule has 0 saturated carbocycles. The third-order valence-corrected chi connectivity index (χ3v) is 4.12. The number of carboxylic acids is 1. The molecule has 120 valence electrons. The standard InChI is InChI=1S/C16H17N3O4/c1-5-10-6-7-12(19(22)23)14-13(10)11(9(2)18(14)4)8-16(3,17)15(20)21/h1,6-7H,8,17H2,2-4H3,(H,20,21). The third-order valence-electron chi connectivity index (χ3n) is 4.12. The van der Waals surface area contributed by atoms with Gasteiger partial charge in [0.05, 0.1) is 4.92 Å². The molecule has 23 heavy (non-hydrogen) atoms. The fraction of sp³-hybridized carbons (Fsp3) is 0.312. The molecule has 0 aliphatic rings. The van der Waals surface area contributed by atoms with E-state index in [9.17, 15) is 20.0 Å². The first-order chi connectivity index (χ1) is 10.6. The third kappa shape index (κ3) is 2.53. The summed E-state index contributed by atoms with van der Waals surface area (Å²) in [5, 5.41) is 21.1. The molecule has 0 spiro atoms. The van der Waals surface area contributed by atoms with E-state index in [4.69, 9.17) is 12.2 Å². The van der Waals surface area contributed by atoms with Gasteiger partial charge in [0.25, 0.3) is 5.69 Å². The summed E-state index contributed by atoms with van der Waals surface area (Å²) in [6.07, 6.45) is 5.53. The summed E-state index contributed by atoms with van der Waals surface area (Å²) in [7, 11) is 1.68. The van der Waals surface area contributed by atoms with E-state index in [-0.39, 0.29) is 12.1 Å². The molecule has 0 bridgehead atoms. The number of aryl methyl sites for hydroxylation is 1. The zero-order chi connectivity index (χ0) is 17.5. The Kier molecular flexibility index (Phi) is 3.89. The quantitative estimate of drug-likeness (QED) is 0.507. The van der Waals surface area contributed by atoms with Crippen LogP contribution in [0.15, 0.2) is 12.1 Å². The second kappa shape index (κ2) is 5.41. The van der Waals surface area contributed by atoms with Crippen LogP contribution in [0.4, 0.5) is 5.69 Å². The fourth-order valence-electron chi connectivity index (χ4n) is 2.70. The minimum Gasteiger partial charge on any atom is -0.480 e. The molecule has 2 rings (SSSR count). The van der Waals surface area contributed by atoms with Crippen molar-refractivity contribution in [3.63, 3.8) is 0 Å². The van der Waals surface area contributed by atoms with Gasteiger partial charge in [0.2, 0.25) is 0 Å². The van der Waals surface area contributed by atoms with Crippen LogP contribution in [-0.4, -0.2) is 26.1 Å². The number of terminal acetylenes is 1. The van der Waals surface area contributed by atoms with Crippen molar-refractivity contribution in [2.75, 3.05) is 0 Å². The van der Waals surface area contributed by atoms with Crippen molar-refractivity contribution >= 4 is 22.6 Å². The fourth-order valence-corrected chi connectivity index (χ4v) is 2.70. The van der Waals surface area contributed by atoms with Gasteiger partial charge in [0, 0.05) is 36.2 Å². The van der Waals surface area contributed by atoms with Gasteiger partial charge in [-0.25, -0.2) is 0 Å². The van der Waals surface area contributed by atoms with E-state index in [1.54, 1.807) is 18.5 Å². The van der Waals surface area contributed by atoms with Crippen molar-refractivity contribution in [1.29, 1.82) is 0 Å². The smallest absolute Gasteiger partial charge is 0.323 e. The molecule has 1 unspecified atom stereocenters. The van der Waals surface area contributed by atoms with Gasteiger partial charge < -0.3 is 15.4 Å². The Morgan fingerprint density at radius 1 is 1.57 bits per heavy atom. The molecule has 7 nitrogen and oxygen atoms in total. The lowest BCUT2D eigenvalue weighted by Gasteiger charge is -2.19. The van der Waals surface area contributed by atoms with Crippen molar-refractivity contribution in [2.45, 2.75) is 25.8 Å². The first-order valence-corrected chi connectivity index (χ1v) is 6.86. The molecule has 1 heterocycles. The minimum absolute atomic E-state index is 0.0152. The zero-order valence-electron chi connectivity index (χ0n) is 13.1. The molecule has 0 amide bonds. The number of nitrogens with zero attached hydrogens (tertiary/aromatic N) is 2. The van der Waals surface area contributed by atoms with Crippen LogP contribution in [0.2, 0.25) is 0 Å². The lowest BCUT2D eigenvalue weighted by molar-refractivity contribution is -0.383. The van der Waals surface area contributed by atoms with Gasteiger partial charge in [-0.1, -0.05) is 5.92 Å². The number of benzene rings is 1. The van der Waals surface area contributed by atoms with E-state index in [0.717, 1.165) is 0 Å². The number of fused-ring (bicyclic) bond motifs is 1. The van der Waals surface area contributed by atoms with Crippen molar-refractivity contribution in [3.8, 4) is 12.3 Å². The minimum atomic E-state index is -1.50. The van der Waals surface area contributed by atoms with Crippen LogP contribution in [0.1, 0.15) is 23.7 Å². The molecule has 0 fully saturated rings. The second-order valence-corrected chi connectivity index (χ2v) is 5.78. The van der Waals surface area contributed by atoms with Gasteiger partial charge in [-0.15, -0.1) is 6.42 Å². The van der Waals surface area contributed by atoms with E-state index in [2.05, 4.69) is 5.92 Å². The number of rotatable bonds is 4. The van der Waals surface area contributed by atoms with Crippen molar-refractivity contribution in [3.05, 3.63) is 39.1 Å². The molecule has 1 atom stereocenters. The van der Waals surface area contributed by atoms with Gasteiger partial charge in [0.1, 0.15) is 11.1 Å². The predicted octanol–water partition coefficient (Wildman–Crippen LogP) is 1.72. The number of non-ortho nitro benzene ring substituents is 1. The van der Waals surface area contributed by atoms with Crippen LogP contribution < -0.4 is 5.73 Å². The number of nitrogens with two attached hydrogens (primary N) is 1. The molecule has 1 aromatic heterocycles. The summed E-state index contributed by atoms with van der Waals surface area (Å²) in [6, 6.07) is 2.86. The molecule has 3 N–H and O–H groups in total. The summed E-state index contributed by atoms with van der Waals surface area (Å²) in [6.45, 7) is 3.16. The van der Waals surface area contributed by atoms with E-state index >= 15 is 0 Å². The van der Waals surface area contributed by atoms with Crippen LogP contribution in [0.25, 0.3) is 10.9 Å². The number of aliphatic carboxylic acids is 1. The maximum atomic E-state index is 11.3. The lowest BCUT2D eigenvalue weighted by Crippen LogP contribution is -2.46. The predicted molar refractivity (Wildman–Crippen MR) is 86.2 cm³/mol. The first-order valence-electron chi connectivity index (χ1n) is 6.86. The first kappa shape index (κ1) is 16.5. The average molecular weight is 315 g/mol. The maximum absolute atomic E-state index is 11.3. The summed E-state index contributed by atoms with van der Waals surface area (Å²) < 4.78 is 1.65. The van der Waals surface area contributed by atoms with Crippen LogP contribution in [0.5, 0.6) is 0 Å². The number of aromatic nitrogens is 1. The van der Waals surface area contributed by atoms with Crippen LogP contribution in [0, 0.1) is 29.4 Å². The van der Waals surface area contributed by atoms with Gasteiger partial charge in [-0.05, 0) is 25.5 Å². The highest BCUT2D eigenvalue weighted by molar-refractivity contribution is 5.97. The molecule has 2 aromatic rings. The van der Waals surface area contributed by atoms with E-state index in [0.29, 0.717) is 27.7 Å². The van der Waals surface area contributed by atoms with E-state index < -0.39 is 16.4 Å². The molecular weight excluding hydrogens is 298 g/mol. The number of carbonyl (C=O) groups is 1. The molecule has 1 aromatic carbocycles. The SMILES string of the molecule is C#Cc1ccc([N+](=O)[O-])c2c1c(CC(C)(N)C(=O)O)c(C)n2C. The zero-order valence-corrected chi connectivity index (χ0v) is 13.1. The molecule has 0 radical (unpaired) electrons. The van der Waals surface area contributed by atoms with Gasteiger partial charge in [-0.2, -0.15) is 0 Å². The Labute approximate surface area is 132 Å². The van der Waals surface area contributed by atoms with Crippen LogP contribution in [0.3, 0.4) is 0 Å². The lowest BCUT2D eigenvalue weighted by atomic mass is 9.91. The average Bonchev–Trinajstić information content (AvgIpc) is 2.71. The highest BCUT2D eigenvalue weighted by Gasteiger charge is 2.32. The highest BCUT2D eigenvalue weighted by atomic mass is 16.6. The van der Waals surface area contributed by atoms with Gasteiger partial charge >= 0.3 is 5.97 Å². The van der Waals surface area contributed by atoms with Crippen molar-refractivity contribution < 1.29 is 14.8 Å². The Balaban J connectivity index is 2.89. The number of carboxylic acid groups (broad SMARTS) is 1. The maximum Gasteiger partial charge on any atom is 0.323 e. The molecule has 0 aliphatic heterocycles. The topological polar surface area (TPSA) is 111 Å². The van der Waals surface area contributed by atoms with Gasteiger partial charge in [0.15, 0.2) is 0 Å². The molecule has 0 aliphatic carbocycles. The van der Waals surface area contributed by atoms with E-state index in [1.807, 2.05) is 0 Å². The monoisotopic (exact) mass is 315 g/mol.